The van der Waals surface area contributed by atoms with E-state index in [1.54, 1.807) is 34.3 Å². The number of likely N-dealkylation sites (N-methyl/N-ethyl adjacent to an activating group) is 1. The second-order valence-electron chi connectivity index (χ2n) is 4.38. The molecule has 3 N–H and O–H groups in total. The molecule has 1 amide bonds. The molecule has 0 bridgehead atoms. The number of amides is 1. The van der Waals surface area contributed by atoms with Crippen LogP contribution in [0, 0.1) is 0 Å². The predicted molar refractivity (Wildman–Crippen MR) is 73.0 cm³/mol. The lowest BCUT2D eigenvalue weighted by molar-refractivity contribution is -0.129. The summed E-state index contributed by atoms with van der Waals surface area (Å²) in [6.45, 7) is 1.79. The van der Waals surface area contributed by atoms with Gasteiger partial charge < -0.3 is 15.5 Å². The zero-order valence-corrected chi connectivity index (χ0v) is 11.4. The van der Waals surface area contributed by atoms with Gasteiger partial charge in [0, 0.05) is 21.1 Å². The third-order valence-corrected chi connectivity index (χ3v) is 2.70. The third-order valence-electron chi connectivity index (χ3n) is 2.70. The largest absolute Gasteiger partial charge is 0.358 e. The van der Waals surface area contributed by atoms with E-state index in [0.29, 0.717) is 17.4 Å². The van der Waals surface area contributed by atoms with Crippen molar-refractivity contribution in [2.75, 3.05) is 31.8 Å². The molecule has 0 fully saturated rings. The van der Waals surface area contributed by atoms with Crippen molar-refractivity contribution in [3.05, 3.63) is 6.20 Å². The van der Waals surface area contributed by atoms with Gasteiger partial charge in [0.2, 0.25) is 11.9 Å². The number of nitrogens with one attached hydrogen (secondary N) is 3. The van der Waals surface area contributed by atoms with Crippen molar-refractivity contribution in [1.82, 2.24) is 25.1 Å². The first kappa shape index (κ1) is 13.1. The SMILES string of the molecule is CNc1nc(NC(C)C(=O)N(C)C)c2cn[nH]c2n1. The summed E-state index contributed by atoms with van der Waals surface area (Å²) in [4.78, 5) is 21.9. The maximum Gasteiger partial charge on any atom is 0.244 e. The summed E-state index contributed by atoms with van der Waals surface area (Å²) in [6, 6.07) is -0.382. The van der Waals surface area contributed by atoms with Crippen LogP contribution in [0.2, 0.25) is 0 Å². The van der Waals surface area contributed by atoms with Crippen LogP contribution in [0.1, 0.15) is 6.92 Å². The molecule has 0 spiro atoms. The van der Waals surface area contributed by atoms with Gasteiger partial charge in [0.1, 0.15) is 11.9 Å². The molecule has 102 valence electrons. The van der Waals surface area contributed by atoms with Gasteiger partial charge in [-0.25, -0.2) is 0 Å². The van der Waals surface area contributed by atoms with Crippen LogP contribution in [0.4, 0.5) is 11.8 Å². The van der Waals surface area contributed by atoms with Gasteiger partial charge in [-0.05, 0) is 6.92 Å². The van der Waals surface area contributed by atoms with Gasteiger partial charge in [-0.1, -0.05) is 0 Å². The molecule has 8 heteroatoms. The predicted octanol–water partition coefficient (Wildman–Crippen LogP) is 0.283. The number of hydrogen-bond donors (Lipinski definition) is 3. The Morgan fingerprint density at radius 3 is 2.79 bits per heavy atom. The fourth-order valence-corrected chi connectivity index (χ4v) is 1.71. The van der Waals surface area contributed by atoms with Crippen molar-refractivity contribution in [2.45, 2.75) is 13.0 Å². The molecule has 1 unspecified atom stereocenters. The van der Waals surface area contributed by atoms with Crippen LogP contribution in [-0.2, 0) is 4.79 Å². The molecular weight excluding hydrogens is 246 g/mol. The maximum absolute atomic E-state index is 11.9. The van der Waals surface area contributed by atoms with E-state index in [9.17, 15) is 4.79 Å². The number of carbonyl (C=O) groups is 1. The lowest BCUT2D eigenvalue weighted by Crippen LogP contribution is -2.36. The molecule has 0 radical (unpaired) electrons. The van der Waals surface area contributed by atoms with Gasteiger partial charge in [-0.2, -0.15) is 15.1 Å². The molecule has 2 aromatic rings. The van der Waals surface area contributed by atoms with E-state index in [1.807, 2.05) is 0 Å². The normalized spacial score (nSPS) is 12.2. The summed E-state index contributed by atoms with van der Waals surface area (Å²) in [6.07, 6.45) is 1.63. The highest BCUT2D eigenvalue weighted by molar-refractivity contribution is 5.90. The maximum atomic E-state index is 11.9. The number of nitrogens with zero attached hydrogens (tertiary/aromatic N) is 4. The van der Waals surface area contributed by atoms with Crippen LogP contribution < -0.4 is 10.6 Å². The minimum Gasteiger partial charge on any atom is -0.358 e. The summed E-state index contributed by atoms with van der Waals surface area (Å²) in [5, 5.41) is 13.4. The first-order valence-electron chi connectivity index (χ1n) is 5.89. The van der Waals surface area contributed by atoms with E-state index in [0.717, 1.165) is 5.39 Å². The highest BCUT2D eigenvalue weighted by Crippen LogP contribution is 2.20. The smallest absolute Gasteiger partial charge is 0.244 e. The topological polar surface area (TPSA) is 98.8 Å². The fraction of sp³-hybridized carbons (Fsp3) is 0.455. The van der Waals surface area contributed by atoms with E-state index in [1.165, 1.54) is 4.90 Å². The van der Waals surface area contributed by atoms with Crippen LogP contribution in [0.3, 0.4) is 0 Å². The van der Waals surface area contributed by atoms with Crippen LogP contribution in [0.5, 0.6) is 0 Å². The number of carbonyl (C=O) groups excluding carboxylic acids is 1. The average molecular weight is 263 g/mol. The Labute approximate surface area is 110 Å². The van der Waals surface area contributed by atoms with Gasteiger partial charge in [0.25, 0.3) is 0 Å². The first-order chi connectivity index (χ1) is 9.02. The van der Waals surface area contributed by atoms with Crippen LogP contribution in [-0.4, -0.2) is 58.2 Å². The Kier molecular flexibility index (Phi) is 3.50. The summed E-state index contributed by atoms with van der Waals surface area (Å²) in [7, 11) is 5.16. The fourth-order valence-electron chi connectivity index (χ4n) is 1.71. The summed E-state index contributed by atoms with van der Waals surface area (Å²) in [5.74, 6) is 1.01. The van der Waals surface area contributed by atoms with Crippen molar-refractivity contribution in [3.8, 4) is 0 Å². The molecule has 0 saturated heterocycles. The Morgan fingerprint density at radius 1 is 1.42 bits per heavy atom. The van der Waals surface area contributed by atoms with Crippen molar-refractivity contribution in [3.63, 3.8) is 0 Å². The second kappa shape index (κ2) is 5.09. The van der Waals surface area contributed by atoms with Crippen molar-refractivity contribution in [1.29, 1.82) is 0 Å². The molecule has 1 atom stereocenters. The van der Waals surface area contributed by atoms with Crippen molar-refractivity contribution < 1.29 is 4.79 Å². The Hall–Kier alpha value is -2.38. The Balaban J connectivity index is 2.33. The van der Waals surface area contributed by atoms with E-state index >= 15 is 0 Å². The number of hydrogen-bond acceptors (Lipinski definition) is 6. The number of fused-ring (bicyclic) bond motifs is 1. The number of H-pyrrole nitrogens is 1. The minimum atomic E-state index is -0.382. The van der Waals surface area contributed by atoms with E-state index in [2.05, 4.69) is 30.8 Å². The highest BCUT2D eigenvalue weighted by Gasteiger charge is 2.17. The average Bonchev–Trinajstić information content (AvgIpc) is 2.85. The number of aromatic amines is 1. The minimum absolute atomic E-state index is 0.0266. The number of anilines is 2. The Bertz CT molecular complexity index is 592. The lowest BCUT2D eigenvalue weighted by atomic mass is 10.3. The number of aromatic nitrogens is 4. The quantitative estimate of drug-likeness (QED) is 0.733. The van der Waals surface area contributed by atoms with Gasteiger partial charge >= 0.3 is 0 Å². The van der Waals surface area contributed by atoms with Crippen molar-refractivity contribution in [2.24, 2.45) is 0 Å². The van der Waals surface area contributed by atoms with Crippen molar-refractivity contribution >= 4 is 28.7 Å². The molecule has 0 aliphatic heterocycles. The van der Waals surface area contributed by atoms with Gasteiger partial charge in [-0.15, -0.1) is 0 Å². The summed E-state index contributed by atoms with van der Waals surface area (Å²) in [5.41, 5.74) is 0.617. The monoisotopic (exact) mass is 263 g/mol. The number of rotatable bonds is 4. The van der Waals surface area contributed by atoms with Crippen LogP contribution in [0.15, 0.2) is 6.20 Å². The molecule has 0 aliphatic rings. The Morgan fingerprint density at radius 2 is 2.16 bits per heavy atom. The molecular formula is C11H17N7O. The molecule has 8 nitrogen and oxygen atoms in total. The van der Waals surface area contributed by atoms with E-state index in [-0.39, 0.29) is 11.9 Å². The van der Waals surface area contributed by atoms with Gasteiger partial charge in [-0.3, -0.25) is 9.89 Å². The third kappa shape index (κ3) is 2.56. The molecule has 19 heavy (non-hydrogen) atoms. The summed E-state index contributed by atoms with van der Waals surface area (Å²) < 4.78 is 0. The zero-order valence-electron chi connectivity index (χ0n) is 11.4. The molecule has 2 heterocycles. The second-order valence-corrected chi connectivity index (χ2v) is 4.38. The van der Waals surface area contributed by atoms with E-state index < -0.39 is 0 Å². The molecule has 0 saturated carbocycles. The first-order valence-corrected chi connectivity index (χ1v) is 5.89. The highest BCUT2D eigenvalue weighted by atomic mass is 16.2. The standard InChI is InChI=1S/C11H17N7O/c1-6(10(19)18(3)4)14-8-7-5-13-17-9(7)16-11(12-2)15-8/h5-6H,1-4H3,(H3,12,13,14,15,16,17). The molecule has 2 aromatic heterocycles. The van der Waals surface area contributed by atoms with Gasteiger partial charge in [0.15, 0.2) is 5.65 Å². The molecule has 0 aromatic carbocycles. The van der Waals surface area contributed by atoms with Crippen LogP contribution in [0.25, 0.3) is 11.0 Å². The van der Waals surface area contributed by atoms with Crippen LogP contribution >= 0.6 is 0 Å². The lowest BCUT2D eigenvalue weighted by Gasteiger charge is -2.18. The summed E-state index contributed by atoms with van der Waals surface area (Å²) >= 11 is 0. The molecule has 2 rings (SSSR count). The van der Waals surface area contributed by atoms with E-state index in [4.69, 9.17) is 0 Å². The molecule has 0 aliphatic carbocycles. The zero-order chi connectivity index (χ0) is 14.0. The van der Waals surface area contributed by atoms with Gasteiger partial charge in [0.05, 0.1) is 11.6 Å².